The largest absolute Gasteiger partial charge is 0.483 e. The summed E-state index contributed by atoms with van der Waals surface area (Å²) in [6.45, 7) is 3.90. The van der Waals surface area contributed by atoms with E-state index in [-0.39, 0.29) is 12.5 Å². The Bertz CT molecular complexity index is 826. The number of pyridine rings is 1. The minimum atomic E-state index is -0.215. The lowest BCUT2D eigenvalue weighted by molar-refractivity contribution is -0.118. The van der Waals surface area contributed by atoms with E-state index in [1.165, 1.54) is 0 Å². The molecule has 1 N–H and O–H groups in total. The topological polar surface area (TPSA) is 68.5 Å². The predicted octanol–water partition coefficient (Wildman–Crippen LogP) is 2.36. The third kappa shape index (κ3) is 3.06. The van der Waals surface area contributed by atoms with Gasteiger partial charge in [0.25, 0.3) is 5.91 Å². The first kappa shape index (κ1) is 14.1. The van der Waals surface area contributed by atoms with Crippen LogP contribution in [0.4, 0.5) is 5.69 Å². The monoisotopic (exact) mass is 296 g/mol. The molecule has 0 aliphatic heterocycles. The third-order valence-corrected chi connectivity index (χ3v) is 3.28. The Morgan fingerprint density at radius 2 is 2.14 bits per heavy atom. The van der Waals surface area contributed by atoms with Crippen molar-refractivity contribution in [2.24, 2.45) is 0 Å². The van der Waals surface area contributed by atoms with Crippen LogP contribution < -0.4 is 10.1 Å². The van der Waals surface area contributed by atoms with Crippen molar-refractivity contribution < 1.29 is 9.53 Å². The van der Waals surface area contributed by atoms with E-state index < -0.39 is 0 Å². The van der Waals surface area contributed by atoms with Crippen molar-refractivity contribution in [2.45, 2.75) is 13.8 Å². The van der Waals surface area contributed by atoms with Crippen LogP contribution in [0.5, 0.6) is 5.75 Å². The van der Waals surface area contributed by atoms with Crippen LogP contribution in [0.1, 0.15) is 11.1 Å². The molecule has 6 heteroatoms. The third-order valence-electron chi connectivity index (χ3n) is 3.28. The molecule has 0 radical (unpaired) electrons. The molecule has 2 heterocycles. The van der Waals surface area contributed by atoms with Gasteiger partial charge >= 0.3 is 0 Å². The number of nitrogens with zero attached hydrogens (tertiary/aromatic N) is 3. The van der Waals surface area contributed by atoms with Crippen molar-refractivity contribution >= 4 is 17.2 Å². The lowest BCUT2D eigenvalue weighted by Crippen LogP contribution is -2.20. The summed E-state index contributed by atoms with van der Waals surface area (Å²) in [6.07, 6.45) is 3.34. The first-order valence-corrected chi connectivity index (χ1v) is 6.91. The molecule has 6 nitrogen and oxygen atoms in total. The van der Waals surface area contributed by atoms with Gasteiger partial charge in [0.15, 0.2) is 12.3 Å². The first-order valence-electron chi connectivity index (χ1n) is 6.91. The number of hydrogen-bond donors (Lipinski definition) is 1. The molecule has 2 aromatic heterocycles. The fourth-order valence-electron chi connectivity index (χ4n) is 2.10. The van der Waals surface area contributed by atoms with Gasteiger partial charge < -0.3 is 10.1 Å². The number of aromatic nitrogens is 3. The lowest BCUT2D eigenvalue weighted by Gasteiger charge is -2.10. The highest BCUT2D eigenvalue weighted by atomic mass is 16.5. The number of hydrogen-bond acceptors (Lipinski definition) is 4. The molecule has 0 saturated carbocycles. The Labute approximate surface area is 127 Å². The van der Waals surface area contributed by atoms with E-state index in [1.807, 2.05) is 32.0 Å². The molecular weight excluding hydrogens is 280 g/mol. The minimum Gasteiger partial charge on any atom is -0.483 e. The van der Waals surface area contributed by atoms with Crippen LogP contribution in [0, 0.1) is 13.8 Å². The second kappa shape index (κ2) is 5.85. The highest BCUT2D eigenvalue weighted by molar-refractivity contribution is 5.91. The summed E-state index contributed by atoms with van der Waals surface area (Å²) in [6, 6.07) is 9.47. The number of carbonyl (C=O) groups excluding carboxylic acids is 1. The summed E-state index contributed by atoms with van der Waals surface area (Å²) in [5, 5.41) is 10.5. The van der Waals surface area contributed by atoms with Crippen molar-refractivity contribution in [1.82, 2.24) is 14.6 Å². The summed E-state index contributed by atoms with van der Waals surface area (Å²) in [5.41, 5.74) is 3.50. The average Bonchev–Trinajstić information content (AvgIpc) is 2.96. The Balaban J connectivity index is 1.63. The minimum absolute atomic E-state index is 0.0372. The number of anilines is 1. The number of nitrogens with one attached hydrogen (secondary N) is 1. The summed E-state index contributed by atoms with van der Waals surface area (Å²) in [4.78, 5) is 12.0. The molecule has 22 heavy (non-hydrogen) atoms. The molecule has 3 rings (SSSR count). The van der Waals surface area contributed by atoms with E-state index in [2.05, 4.69) is 15.5 Å². The number of amides is 1. The zero-order valence-corrected chi connectivity index (χ0v) is 12.4. The maximum atomic E-state index is 12.0. The van der Waals surface area contributed by atoms with Crippen LogP contribution in [-0.2, 0) is 4.79 Å². The van der Waals surface area contributed by atoms with Crippen LogP contribution in [-0.4, -0.2) is 27.1 Å². The normalized spacial score (nSPS) is 10.6. The second-order valence-corrected chi connectivity index (χ2v) is 5.12. The number of benzene rings is 1. The van der Waals surface area contributed by atoms with Crippen molar-refractivity contribution in [3.63, 3.8) is 0 Å². The standard InChI is InChI=1S/C16H16N4O2/c1-11-3-4-12(2)14(7-11)22-9-16(21)18-13-5-6-15-19-17-10-20(15)8-13/h3-8,10H,9H2,1-2H3,(H,18,21). The van der Waals surface area contributed by atoms with Crippen LogP contribution >= 0.6 is 0 Å². The van der Waals surface area contributed by atoms with Crippen LogP contribution in [0.3, 0.4) is 0 Å². The molecule has 0 aliphatic rings. The molecule has 0 aliphatic carbocycles. The van der Waals surface area contributed by atoms with E-state index >= 15 is 0 Å². The molecule has 1 amide bonds. The Morgan fingerprint density at radius 1 is 1.27 bits per heavy atom. The number of aryl methyl sites for hydroxylation is 2. The van der Waals surface area contributed by atoms with Gasteiger partial charge in [-0.3, -0.25) is 9.20 Å². The van der Waals surface area contributed by atoms with Crippen LogP contribution in [0.2, 0.25) is 0 Å². The molecule has 0 unspecified atom stereocenters. The van der Waals surface area contributed by atoms with Gasteiger partial charge in [0.2, 0.25) is 0 Å². The number of ether oxygens (including phenoxy) is 1. The van der Waals surface area contributed by atoms with Gasteiger partial charge in [0.05, 0.1) is 5.69 Å². The van der Waals surface area contributed by atoms with E-state index in [9.17, 15) is 4.79 Å². The smallest absolute Gasteiger partial charge is 0.262 e. The Hall–Kier alpha value is -2.89. The molecule has 0 bridgehead atoms. The predicted molar refractivity (Wildman–Crippen MR) is 83.0 cm³/mol. The molecule has 3 aromatic rings. The molecule has 0 fully saturated rings. The average molecular weight is 296 g/mol. The quantitative estimate of drug-likeness (QED) is 0.802. The van der Waals surface area contributed by atoms with Crippen LogP contribution in [0.25, 0.3) is 5.65 Å². The zero-order valence-electron chi connectivity index (χ0n) is 12.4. The van der Waals surface area contributed by atoms with Gasteiger partial charge in [-0.15, -0.1) is 10.2 Å². The van der Waals surface area contributed by atoms with Gasteiger partial charge in [0.1, 0.15) is 12.1 Å². The van der Waals surface area contributed by atoms with E-state index in [4.69, 9.17) is 4.74 Å². The Kier molecular flexibility index (Phi) is 3.74. The summed E-state index contributed by atoms with van der Waals surface area (Å²) in [5.74, 6) is 0.512. The molecule has 0 atom stereocenters. The number of fused-ring (bicyclic) bond motifs is 1. The maximum Gasteiger partial charge on any atom is 0.262 e. The highest BCUT2D eigenvalue weighted by Gasteiger charge is 2.06. The van der Waals surface area contributed by atoms with E-state index in [0.717, 1.165) is 22.5 Å². The SMILES string of the molecule is Cc1ccc(C)c(OCC(=O)Nc2ccc3nncn3c2)c1. The molecule has 0 saturated heterocycles. The molecule has 112 valence electrons. The highest BCUT2D eigenvalue weighted by Crippen LogP contribution is 2.19. The van der Waals surface area contributed by atoms with Crippen molar-refractivity contribution in [3.8, 4) is 5.75 Å². The van der Waals surface area contributed by atoms with Crippen molar-refractivity contribution in [2.75, 3.05) is 11.9 Å². The van der Waals surface area contributed by atoms with Crippen molar-refractivity contribution in [3.05, 3.63) is 54.0 Å². The zero-order chi connectivity index (χ0) is 15.5. The molecule has 1 aromatic carbocycles. The number of rotatable bonds is 4. The lowest BCUT2D eigenvalue weighted by atomic mass is 10.1. The van der Waals surface area contributed by atoms with Crippen LogP contribution in [0.15, 0.2) is 42.9 Å². The van der Waals surface area contributed by atoms with Gasteiger partial charge in [-0.1, -0.05) is 12.1 Å². The van der Waals surface area contributed by atoms with Gasteiger partial charge in [-0.2, -0.15) is 0 Å². The molecule has 0 spiro atoms. The maximum absolute atomic E-state index is 12.0. The van der Waals surface area contributed by atoms with E-state index in [0.29, 0.717) is 5.69 Å². The summed E-state index contributed by atoms with van der Waals surface area (Å²) < 4.78 is 7.32. The Morgan fingerprint density at radius 3 is 3.00 bits per heavy atom. The fraction of sp³-hybridized carbons (Fsp3) is 0.188. The van der Waals surface area contributed by atoms with Gasteiger partial charge in [0, 0.05) is 6.20 Å². The molecular formula is C16H16N4O2. The number of carbonyl (C=O) groups is 1. The second-order valence-electron chi connectivity index (χ2n) is 5.12. The summed E-state index contributed by atoms with van der Waals surface area (Å²) in [7, 11) is 0. The van der Waals surface area contributed by atoms with E-state index in [1.54, 1.807) is 29.1 Å². The van der Waals surface area contributed by atoms with Gasteiger partial charge in [-0.05, 0) is 43.2 Å². The van der Waals surface area contributed by atoms with Gasteiger partial charge in [-0.25, -0.2) is 0 Å². The fourth-order valence-corrected chi connectivity index (χ4v) is 2.10. The summed E-state index contributed by atoms with van der Waals surface area (Å²) >= 11 is 0. The first-order chi connectivity index (χ1) is 10.6. The van der Waals surface area contributed by atoms with Crippen molar-refractivity contribution in [1.29, 1.82) is 0 Å².